The standard InChI is InChI=1S/C10H15BrN4/c1-7-13-9(11)3-10(14-7)12-4-8-5-15(2)6-8/h3,8H,4-6H2,1-2H3,(H,12,13,14). The van der Waals surface area contributed by atoms with Gasteiger partial charge in [-0.05, 0) is 29.9 Å². The van der Waals surface area contributed by atoms with Gasteiger partial charge in [-0.2, -0.15) is 0 Å². The molecule has 1 fully saturated rings. The number of nitrogens with one attached hydrogen (secondary N) is 1. The van der Waals surface area contributed by atoms with Crippen molar-refractivity contribution in [1.82, 2.24) is 14.9 Å². The lowest BCUT2D eigenvalue weighted by atomic mass is 10.0. The maximum atomic E-state index is 4.32. The first-order valence-electron chi connectivity index (χ1n) is 5.07. The summed E-state index contributed by atoms with van der Waals surface area (Å²) in [6, 6.07) is 1.91. The molecule has 1 N–H and O–H groups in total. The molecule has 4 nitrogen and oxygen atoms in total. The number of hydrogen-bond donors (Lipinski definition) is 1. The van der Waals surface area contributed by atoms with Crippen LogP contribution in [0.1, 0.15) is 5.82 Å². The van der Waals surface area contributed by atoms with Crippen molar-refractivity contribution in [3.63, 3.8) is 0 Å². The normalized spacial score (nSPS) is 17.5. The summed E-state index contributed by atoms with van der Waals surface area (Å²) in [5.41, 5.74) is 0. The highest BCUT2D eigenvalue weighted by atomic mass is 79.9. The van der Waals surface area contributed by atoms with E-state index in [-0.39, 0.29) is 0 Å². The van der Waals surface area contributed by atoms with Crippen molar-refractivity contribution < 1.29 is 0 Å². The van der Waals surface area contributed by atoms with Crippen LogP contribution in [-0.2, 0) is 0 Å². The van der Waals surface area contributed by atoms with Gasteiger partial charge in [-0.25, -0.2) is 9.97 Å². The fourth-order valence-corrected chi connectivity index (χ4v) is 2.30. The molecule has 1 saturated heterocycles. The molecule has 0 spiro atoms. The van der Waals surface area contributed by atoms with Gasteiger partial charge in [0.05, 0.1) is 0 Å². The van der Waals surface area contributed by atoms with Crippen LogP contribution in [0.2, 0.25) is 0 Å². The lowest BCUT2D eigenvalue weighted by Gasteiger charge is -2.36. The SMILES string of the molecule is Cc1nc(Br)cc(NCC2CN(C)C2)n1. The van der Waals surface area contributed by atoms with E-state index < -0.39 is 0 Å². The van der Waals surface area contributed by atoms with Crippen molar-refractivity contribution >= 4 is 21.7 Å². The minimum absolute atomic E-state index is 0.754. The molecule has 0 radical (unpaired) electrons. The maximum absolute atomic E-state index is 4.32. The minimum Gasteiger partial charge on any atom is -0.370 e. The molecule has 0 aliphatic carbocycles. The largest absolute Gasteiger partial charge is 0.370 e. The molecule has 2 rings (SSSR count). The first kappa shape index (κ1) is 10.8. The highest BCUT2D eigenvalue weighted by molar-refractivity contribution is 9.10. The smallest absolute Gasteiger partial charge is 0.130 e. The number of likely N-dealkylation sites (tertiary alicyclic amines) is 1. The molecule has 0 unspecified atom stereocenters. The summed E-state index contributed by atoms with van der Waals surface area (Å²) in [6.45, 7) is 5.25. The summed E-state index contributed by atoms with van der Waals surface area (Å²) in [5, 5.41) is 3.34. The predicted molar refractivity (Wildman–Crippen MR) is 63.9 cm³/mol. The third-order valence-electron chi connectivity index (χ3n) is 2.52. The minimum atomic E-state index is 0.754. The predicted octanol–water partition coefficient (Wildman–Crippen LogP) is 1.52. The topological polar surface area (TPSA) is 41.1 Å². The van der Waals surface area contributed by atoms with E-state index in [2.05, 4.69) is 43.2 Å². The van der Waals surface area contributed by atoms with E-state index in [1.54, 1.807) is 0 Å². The quantitative estimate of drug-likeness (QED) is 0.846. The summed E-state index contributed by atoms with van der Waals surface area (Å²) in [6.07, 6.45) is 0. The summed E-state index contributed by atoms with van der Waals surface area (Å²) in [5.74, 6) is 2.45. The second-order valence-electron chi connectivity index (χ2n) is 4.09. The molecule has 1 aromatic rings. The third kappa shape index (κ3) is 2.89. The zero-order valence-corrected chi connectivity index (χ0v) is 10.6. The number of rotatable bonds is 3. The fourth-order valence-electron chi connectivity index (χ4n) is 1.83. The molecule has 1 aliphatic heterocycles. The Labute approximate surface area is 98.2 Å². The zero-order chi connectivity index (χ0) is 10.8. The molecule has 15 heavy (non-hydrogen) atoms. The van der Waals surface area contributed by atoms with Gasteiger partial charge >= 0.3 is 0 Å². The Morgan fingerprint density at radius 2 is 2.27 bits per heavy atom. The summed E-state index contributed by atoms with van der Waals surface area (Å²) in [7, 11) is 2.14. The molecule has 5 heteroatoms. The zero-order valence-electron chi connectivity index (χ0n) is 9.00. The van der Waals surface area contributed by atoms with Crippen LogP contribution in [0, 0.1) is 12.8 Å². The summed E-state index contributed by atoms with van der Waals surface area (Å²) in [4.78, 5) is 10.8. The van der Waals surface area contributed by atoms with Crippen LogP contribution >= 0.6 is 15.9 Å². The highest BCUT2D eigenvalue weighted by Gasteiger charge is 2.22. The number of aromatic nitrogens is 2. The molecule has 82 valence electrons. The molecule has 0 aromatic carbocycles. The number of halogens is 1. The van der Waals surface area contributed by atoms with Crippen molar-refractivity contribution in [3.8, 4) is 0 Å². The van der Waals surface area contributed by atoms with Gasteiger partial charge in [0.1, 0.15) is 16.2 Å². The van der Waals surface area contributed by atoms with Gasteiger partial charge < -0.3 is 10.2 Å². The Hall–Kier alpha value is -0.680. The van der Waals surface area contributed by atoms with Crippen LogP contribution in [0.3, 0.4) is 0 Å². The fraction of sp³-hybridized carbons (Fsp3) is 0.600. The number of hydrogen-bond acceptors (Lipinski definition) is 4. The van der Waals surface area contributed by atoms with E-state index in [0.717, 1.165) is 28.7 Å². The van der Waals surface area contributed by atoms with Crippen LogP contribution in [0.25, 0.3) is 0 Å². The van der Waals surface area contributed by atoms with Crippen molar-refractivity contribution in [1.29, 1.82) is 0 Å². The van der Waals surface area contributed by atoms with Crippen molar-refractivity contribution in [3.05, 3.63) is 16.5 Å². The van der Waals surface area contributed by atoms with Crippen LogP contribution in [-0.4, -0.2) is 41.5 Å². The van der Waals surface area contributed by atoms with Crippen LogP contribution < -0.4 is 5.32 Å². The van der Waals surface area contributed by atoms with Crippen LogP contribution in [0.15, 0.2) is 10.7 Å². The average Bonchev–Trinajstić information content (AvgIpc) is 2.09. The molecule has 1 aromatic heterocycles. The molecular formula is C10H15BrN4. The second-order valence-corrected chi connectivity index (χ2v) is 4.90. The van der Waals surface area contributed by atoms with E-state index in [0.29, 0.717) is 0 Å². The number of anilines is 1. The van der Waals surface area contributed by atoms with E-state index in [1.165, 1.54) is 13.1 Å². The lowest BCUT2D eigenvalue weighted by Crippen LogP contribution is -2.46. The van der Waals surface area contributed by atoms with Gasteiger partial charge in [-0.3, -0.25) is 0 Å². The first-order chi connectivity index (χ1) is 7.13. The summed E-state index contributed by atoms with van der Waals surface area (Å²) < 4.78 is 0.836. The highest BCUT2D eigenvalue weighted by Crippen LogP contribution is 2.15. The van der Waals surface area contributed by atoms with Crippen LogP contribution in [0.5, 0.6) is 0 Å². The Morgan fingerprint density at radius 1 is 1.53 bits per heavy atom. The maximum Gasteiger partial charge on any atom is 0.130 e. The van der Waals surface area contributed by atoms with Gasteiger partial charge in [0.25, 0.3) is 0 Å². The van der Waals surface area contributed by atoms with E-state index >= 15 is 0 Å². The Balaban J connectivity index is 1.88. The lowest BCUT2D eigenvalue weighted by molar-refractivity contribution is 0.144. The molecule has 0 saturated carbocycles. The molecule has 0 amide bonds. The van der Waals surface area contributed by atoms with Gasteiger partial charge in [0.15, 0.2) is 0 Å². The summed E-state index contributed by atoms with van der Waals surface area (Å²) >= 11 is 3.36. The van der Waals surface area contributed by atoms with Crippen LogP contribution in [0.4, 0.5) is 5.82 Å². The first-order valence-corrected chi connectivity index (χ1v) is 5.86. The molecule has 0 atom stereocenters. The van der Waals surface area contributed by atoms with Crippen molar-refractivity contribution in [2.24, 2.45) is 5.92 Å². The van der Waals surface area contributed by atoms with E-state index in [4.69, 9.17) is 0 Å². The molecular weight excluding hydrogens is 256 g/mol. The van der Waals surface area contributed by atoms with Gasteiger partial charge in [-0.1, -0.05) is 0 Å². The van der Waals surface area contributed by atoms with Gasteiger partial charge in [-0.15, -0.1) is 0 Å². The number of nitrogens with zero attached hydrogens (tertiary/aromatic N) is 3. The van der Waals surface area contributed by atoms with E-state index in [9.17, 15) is 0 Å². The van der Waals surface area contributed by atoms with Gasteiger partial charge in [0, 0.05) is 31.6 Å². The van der Waals surface area contributed by atoms with E-state index in [1.807, 2.05) is 13.0 Å². The number of aryl methyl sites for hydroxylation is 1. The third-order valence-corrected chi connectivity index (χ3v) is 2.92. The van der Waals surface area contributed by atoms with Gasteiger partial charge in [0.2, 0.25) is 0 Å². The monoisotopic (exact) mass is 270 g/mol. The van der Waals surface area contributed by atoms with Crippen molar-refractivity contribution in [2.45, 2.75) is 6.92 Å². The molecule has 1 aliphatic rings. The Kier molecular flexibility index (Phi) is 3.21. The molecule has 0 bridgehead atoms. The average molecular weight is 271 g/mol. The Morgan fingerprint density at radius 3 is 2.87 bits per heavy atom. The molecule has 2 heterocycles. The van der Waals surface area contributed by atoms with Crippen molar-refractivity contribution in [2.75, 3.05) is 32.0 Å². The Bertz CT molecular complexity index is 329. The second kappa shape index (κ2) is 4.45.